The molecule has 0 radical (unpaired) electrons. The number of hydrogen-bond acceptors (Lipinski definition) is 2. The maximum Gasteiger partial charge on any atom is 0.126 e. The number of halogens is 1. The second kappa shape index (κ2) is 7.06. The number of benzene rings is 2. The van der Waals surface area contributed by atoms with Crippen LogP contribution in [0.25, 0.3) is 0 Å². The standard InChI is InChI=1S/C17H20FNO/c1-3-20-15-10-8-13(9-11-15)17(19-2)12-14-6-4-5-7-16(14)18/h4-11,17,19H,3,12H2,1-2H3. The van der Waals surface area contributed by atoms with Crippen LogP contribution in [0.5, 0.6) is 5.75 Å². The number of hydrogen-bond donors (Lipinski definition) is 1. The smallest absolute Gasteiger partial charge is 0.126 e. The van der Waals surface area contributed by atoms with Gasteiger partial charge in [0.25, 0.3) is 0 Å². The molecule has 0 spiro atoms. The summed E-state index contributed by atoms with van der Waals surface area (Å²) in [5, 5.41) is 3.24. The second-order valence-electron chi connectivity index (χ2n) is 4.64. The molecule has 1 unspecified atom stereocenters. The van der Waals surface area contributed by atoms with Gasteiger partial charge in [-0.15, -0.1) is 0 Å². The van der Waals surface area contributed by atoms with Crippen molar-refractivity contribution < 1.29 is 9.13 Å². The minimum Gasteiger partial charge on any atom is -0.494 e. The summed E-state index contributed by atoms with van der Waals surface area (Å²) in [6.45, 7) is 2.62. The second-order valence-corrected chi connectivity index (χ2v) is 4.64. The van der Waals surface area contributed by atoms with Gasteiger partial charge < -0.3 is 10.1 Å². The Balaban J connectivity index is 2.13. The Kier molecular flexibility index (Phi) is 5.13. The first-order valence-electron chi connectivity index (χ1n) is 6.88. The highest BCUT2D eigenvalue weighted by molar-refractivity contribution is 5.30. The molecule has 0 aromatic heterocycles. The van der Waals surface area contributed by atoms with Crippen LogP contribution < -0.4 is 10.1 Å². The van der Waals surface area contributed by atoms with Gasteiger partial charge in [0.1, 0.15) is 11.6 Å². The topological polar surface area (TPSA) is 21.3 Å². The lowest BCUT2D eigenvalue weighted by Gasteiger charge is -2.17. The molecule has 2 aromatic rings. The normalized spacial score (nSPS) is 12.2. The van der Waals surface area contributed by atoms with E-state index in [1.807, 2.05) is 50.4 Å². The molecule has 0 bridgehead atoms. The Morgan fingerprint density at radius 2 is 1.80 bits per heavy atom. The molecule has 20 heavy (non-hydrogen) atoms. The molecule has 0 amide bonds. The van der Waals surface area contributed by atoms with Crippen LogP contribution in [-0.4, -0.2) is 13.7 Å². The van der Waals surface area contributed by atoms with Crippen molar-refractivity contribution in [3.63, 3.8) is 0 Å². The molecule has 2 aromatic carbocycles. The molecule has 0 aliphatic heterocycles. The van der Waals surface area contributed by atoms with Gasteiger partial charge in [0.15, 0.2) is 0 Å². The highest BCUT2D eigenvalue weighted by Gasteiger charge is 2.12. The summed E-state index contributed by atoms with van der Waals surface area (Å²) in [4.78, 5) is 0. The first-order valence-corrected chi connectivity index (χ1v) is 6.88. The van der Waals surface area contributed by atoms with Gasteiger partial charge in [-0.25, -0.2) is 4.39 Å². The van der Waals surface area contributed by atoms with E-state index in [-0.39, 0.29) is 11.9 Å². The van der Waals surface area contributed by atoms with Crippen LogP contribution in [0.1, 0.15) is 24.1 Å². The van der Waals surface area contributed by atoms with Crippen molar-refractivity contribution in [1.82, 2.24) is 5.32 Å². The molecule has 2 nitrogen and oxygen atoms in total. The summed E-state index contributed by atoms with van der Waals surface area (Å²) in [7, 11) is 1.89. The van der Waals surface area contributed by atoms with Crippen molar-refractivity contribution in [2.75, 3.05) is 13.7 Å². The average Bonchev–Trinajstić information content (AvgIpc) is 2.48. The molecule has 0 saturated carbocycles. The molecular weight excluding hydrogens is 253 g/mol. The molecule has 1 N–H and O–H groups in total. The van der Waals surface area contributed by atoms with E-state index in [4.69, 9.17) is 4.74 Å². The van der Waals surface area contributed by atoms with Crippen molar-refractivity contribution in [3.8, 4) is 5.75 Å². The van der Waals surface area contributed by atoms with E-state index >= 15 is 0 Å². The van der Waals surface area contributed by atoms with Crippen molar-refractivity contribution in [2.45, 2.75) is 19.4 Å². The van der Waals surface area contributed by atoms with Crippen LogP contribution in [0.15, 0.2) is 48.5 Å². The molecule has 3 heteroatoms. The maximum absolute atomic E-state index is 13.7. The molecule has 0 aliphatic carbocycles. The van der Waals surface area contributed by atoms with Crippen molar-refractivity contribution in [3.05, 3.63) is 65.5 Å². The third-order valence-corrected chi connectivity index (χ3v) is 3.32. The van der Waals surface area contributed by atoms with E-state index < -0.39 is 0 Å². The van der Waals surface area contributed by atoms with Crippen LogP contribution in [0.2, 0.25) is 0 Å². The third-order valence-electron chi connectivity index (χ3n) is 3.32. The lowest BCUT2D eigenvalue weighted by Crippen LogP contribution is -2.19. The Bertz CT molecular complexity index is 539. The van der Waals surface area contributed by atoms with E-state index in [0.717, 1.165) is 16.9 Å². The number of likely N-dealkylation sites (N-methyl/N-ethyl adjacent to an activating group) is 1. The van der Waals surface area contributed by atoms with E-state index in [9.17, 15) is 4.39 Å². The van der Waals surface area contributed by atoms with Gasteiger partial charge in [0.2, 0.25) is 0 Å². The van der Waals surface area contributed by atoms with Gasteiger partial charge in [-0.2, -0.15) is 0 Å². The summed E-state index contributed by atoms with van der Waals surface area (Å²) >= 11 is 0. The molecule has 0 aliphatic rings. The van der Waals surface area contributed by atoms with Gasteiger partial charge in [0, 0.05) is 6.04 Å². The molecule has 0 saturated heterocycles. The van der Waals surface area contributed by atoms with Gasteiger partial charge >= 0.3 is 0 Å². The van der Waals surface area contributed by atoms with E-state index in [1.54, 1.807) is 6.07 Å². The zero-order valence-corrected chi connectivity index (χ0v) is 11.9. The molecular formula is C17H20FNO. The fourth-order valence-corrected chi connectivity index (χ4v) is 2.23. The Hall–Kier alpha value is -1.87. The van der Waals surface area contributed by atoms with Crippen molar-refractivity contribution in [2.24, 2.45) is 0 Å². The molecule has 2 rings (SSSR count). The highest BCUT2D eigenvalue weighted by Crippen LogP contribution is 2.22. The SMILES string of the molecule is CCOc1ccc(C(Cc2ccccc2F)NC)cc1. The predicted molar refractivity (Wildman–Crippen MR) is 79.5 cm³/mol. The minimum atomic E-state index is -0.154. The van der Waals surface area contributed by atoms with Crippen LogP contribution in [0, 0.1) is 5.82 Å². The zero-order valence-electron chi connectivity index (χ0n) is 11.9. The quantitative estimate of drug-likeness (QED) is 0.866. The summed E-state index contributed by atoms with van der Waals surface area (Å²) in [5.41, 5.74) is 1.85. The first-order chi connectivity index (χ1) is 9.74. The van der Waals surface area contributed by atoms with Crippen LogP contribution >= 0.6 is 0 Å². The van der Waals surface area contributed by atoms with Crippen molar-refractivity contribution in [1.29, 1.82) is 0 Å². The summed E-state index contributed by atoms with van der Waals surface area (Å²) in [6, 6.07) is 14.9. The summed E-state index contributed by atoms with van der Waals surface area (Å²) in [6.07, 6.45) is 0.622. The van der Waals surface area contributed by atoms with Gasteiger partial charge in [-0.3, -0.25) is 0 Å². The van der Waals surface area contributed by atoms with Gasteiger partial charge in [-0.05, 0) is 49.7 Å². The fraction of sp³-hybridized carbons (Fsp3) is 0.294. The van der Waals surface area contributed by atoms with Gasteiger partial charge in [0.05, 0.1) is 6.61 Å². The minimum absolute atomic E-state index is 0.0857. The van der Waals surface area contributed by atoms with Crippen LogP contribution in [0.4, 0.5) is 4.39 Å². The van der Waals surface area contributed by atoms with E-state index in [2.05, 4.69) is 5.32 Å². The average molecular weight is 273 g/mol. The molecule has 0 heterocycles. The van der Waals surface area contributed by atoms with E-state index in [1.165, 1.54) is 6.07 Å². The monoisotopic (exact) mass is 273 g/mol. The van der Waals surface area contributed by atoms with Crippen LogP contribution in [0.3, 0.4) is 0 Å². The number of nitrogens with one attached hydrogen (secondary N) is 1. The van der Waals surface area contributed by atoms with Gasteiger partial charge in [-0.1, -0.05) is 30.3 Å². The lowest BCUT2D eigenvalue weighted by atomic mass is 9.98. The Labute approximate surface area is 119 Å². The zero-order chi connectivity index (χ0) is 14.4. The molecule has 1 atom stereocenters. The largest absolute Gasteiger partial charge is 0.494 e. The lowest BCUT2D eigenvalue weighted by molar-refractivity contribution is 0.340. The fourth-order valence-electron chi connectivity index (χ4n) is 2.23. The number of ether oxygens (including phenoxy) is 1. The summed E-state index contributed by atoms with van der Waals surface area (Å²) < 4.78 is 19.1. The summed E-state index contributed by atoms with van der Waals surface area (Å²) in [5.74, 6) is 0.704. The third kappa shape index (κ3) is 3.58. The van der Waals surface area contributed by atoms with E-state index in [0.29, 0.717) is 13.0 Å². The first kappa shape index (κ1) is 14.5. The highest BCUT2D eigenvalue weighted by atomic mass is 19.1. The van der Waals surface area contributed by atoms with Crippen LogP contribution in [-0.2, 0) is 6.42 Å². The predicted octanol–water partition coefficient (Wildman–Crippen LogP) is 3.73. The number of rotatable bonds is 6. The molecule has 106 valence electrons. The van der Waals surface area contributed by atoms with Crippen molar-refractivity contribution >= 4 is 0 Å². The maximum atomic E-state index is 13.7. The Morgan fingerprint density at radius 1 is 1.10 bits per heavy atom. The Morgan fingerprint density at radius 3 is 2.40 bits per heavy atom. The molecule has 0 fully saturated rings.